The lowest BCUT2D eigenvalue weighted by Crippen LogP contribution is -2.05. The van der Waals surface area contributed by atoms with Gasteiger partial charge in [-0.2, -0.15) is 5.10 Å². The standard InChI is InChI=1S/C15H17ClN4S2/c1-3-21-15(17)20-18-9-13-10(2)19-14(22-13)8-11-4-6-12(16)7-5-11/h4-7,9H,3,8H2,1-2H3,(H2,17,20)/b18-9+. The molecule has 4 nitrogen and oxygen atoms in total. The Labute approximate surface area is 143 Å². The molecule has 0 atom stereocenters. The molecule has 7 heteroatoms. The van der Waals surface area contributed by atoms with Gasteiger partial charge in [0.25, 0.3) is 0 Å². The van der Waals surface area contributed by atoms with Crippen molar-refractivity contribution in [2.75, 3.05) is 5.75 Å². The molecule has 0 amide bonds. The molecule has 1 aromatic carbocycles. The third-order valence-electron chi connectivity index (χ3n) is 2.77. The van der Waals surface area contributed by atoms with Gasteiger partial charge in [-0.1, -0.05) is 42.4 Å². The molecular weight excluding hydrogens is 336 g/mol. The molecule has 0 unspecified atom stereocenters. The van der Waals surface area contributed by atoms with Crippen LogP contribution in [-0.4, -0.2) is 22.1 Å². The Bertz CT molecular complexity index is 677. The molecule has 0 aliphatic heterocycles. The molecule has 2 rings (SSSR count). The van der Waals surface area contributed by atoms with Gasteiger partial charge in [0.15, 0.2) is 5.17 Å². The summed E-state index contributed by atoms with van der Waals surface area (Å²) in [4.78, 5) is 5.57. The van der Waals surface area contributed by atoms with E-state index in [0.717, 1.165) is 32.8 Å². The molecule has 1 heterocycles. The number of aromatic nitrogens is 1. The van der Waals surface area contributed by atoms with Crippen molar-refractivity contribution in [3.63, 3.8) is 0 Å². The van der Waals surface area contributed by atoms with Crippen molar-refractivity contribution in [3.8, 4) is 0 Å². The number of hydrogen-bond donors (Lipinski definition) is 1. The van der Waals surface area contributed by atoms with Crippen LogP contribution in [0.15, 0.2) is 34.5 Å². The predicted octanol–water partition coefficient (Wildman–Crippen LogP) is 4.10. The maximum absolute atomic E-state index is 5.89. The average molecular weight is 353 g/mol. The van der Waals surface area contributed by atoms with Crippen LogP contribution in [0, 0.1) is 6.92 Å². The largest absolute Gasteiger partial charge is 0.377 e. The molecule has 0 radical (unpaired) electrons. The van der Waals surface area contributed by atoms with E-state index in [-0.39, 0.29) is 0 Å². The fourth-order valence-corrected chi connectivity index (χ4v) is 3.25. The number of amidine groups is 1. The molecule has 116 valence electrons. The molecule has 1 aromatic heterocycles. The zero-order chi connectivity index (χ0) is 15.9. The number of benzene rings is 1. The zero-order valence-corrected chi connectivity index (χ0v) is 14.8. The number of aryl methyl sites for hydroxylation is 1. The maximum Gasteiger partial charge on any atom is 0.180 e. The lowest BCUT2D eigenvalue weighted by Gasteiger charge is -1.97. The first-order valence-electron chi connectivity index (χ1n) is 6.78. The number of hydrogen-bond acceptors (Lipinski definition) is 5. The van der Waals surface area contributed by atoms with Crippen LogP contribution in [-0.2, 0) is 6.42 Å². The summed E-state index contributed by atoms with van der Waals surface area (Å²) >= 11 is 8.98. The van der Waals surface area contributed by atoms with Crippen molar-refractivity contribution >= 4 is 46.1 Å². The first-order valence-corrected chi connectivity index (χ1v) is 8.96. The summed E-state index contributed by atoms with van der Waals surface area (Å²) < 4.78 is 0. The summed E-state index contributed by atoms with van der Waals surface area (Å²) in [5, 5.41) is 10.2. The highest BCUT2D eigenvalue weighted by molar-refractivity contribution is 8.13. The fourth-order valence-electron chi connectivity index (χ4n) is 1.75. The van der Waals surface area contributed by atoms with E-state index in [1.807, 2.05) is 38.1 Å². The third-order valence-corrected chi connectivity index (χ3v) is 4.78. The monoisotopic (exact) mass is 352 g/mol. The van der Waals surface area contributed by atoms with E-state index >= 15 is 0 Å². The number of thioether (sulfide) groups is 1. The van der Waals surface area contributed by atoms with Gasteiger partial charge in [-0.15, -0.1) is 16.4 Å². The van der Waals surface area contributed by atoms with Crippen LogP contribution in [0.25, 0.3) is 0 Å². The van der Waals surface area contributed by atoms with Gasteiger partial charge in [-0.05, 0) is 30.4 Å². The van der Waals surface area contributed by atoms with Crippen molar-refractivity contribution in [3.05, 3.63) is 50.4 Å². The molecule has 2 aromatic rings. The Morgan fingerprint density at radius 3 is 2.82 bits per heavy atom. The lowest BCUT2D eigenvalue weighted by molar-refractivity contribution is 1.10. The SMILES string of the molecule is CCS/C(N)=N/N=C/c1sc(Cc2ccc(Cl)cc2)nc1C. The van der Waals surface area contributed by atoms with E-state index < -0.39 is 0 Å². The molecule has 0 saturated carbocycles. The lowest BCUT2D eigenvalue weighted by atomic mass is 10.2. The average Bonchev–Trinajstić information content (AvgIpc) is 2.82. The Morgan fingerprint density at radius 1 is 1.41 bits per heavy atom. The Balaban J connectivity index is 2.06. The van der Waals surface area contributed by atoms with Crippen LogP contribution in [0.5, 0.6) is 0 Å². The van der Waals surface area contributed by atoms with Crippen molar-refractivity contribution < 1.29 is 0 Å². The number of thiazole rings is 1. The third kappa shape index (κ3) is 5.12. The van der Waals surface area contributed by atoms with Gasteiger partial charge in [0.2, 0.25) is 0 Å². The highest BCUT2D eigenvalue weighted by Gasteiger charge is 2.06. The Kier molecular flexibility index (Phi) is 6.42. The summed E-state index contributed by atoms with van der Waals surface area (Å²) in [5.74, 6) is 0.885. The van der Waals surface area contributed by atoms with Crippen molar-refractivity contribution in [2.45, 2.75) is 20.3 Å². The molecule has 0 aliphatic carbocycles. The van der Waals surface area contributed by atoms with Crippen molar-refractivity contribution in [2.24, 2.45) is 15.9 Å². The minimum Gasteiger partial charge on any atom is -0.377 e. The van der Waals surface area contributed by atoms with Gasteiger partial charge in [0.1, 0.15) is 0 Å². The van der Waals surface area contributed by atoms with Crippen molar-refractivity contribution in [1.82, 2.24) is 4.98 Å². The molecule has 0 aliphatic rings. The smallest absolute Gasteiger partial charge is 0.180 e. The Hall–Kier alpha value is -1.37. The molecule has 0 saturated heterocycles. The van der Waals surface area contributed by atoms with E-state index in [2.05, 4.69) is 15.2 Å². The highest BCUT2D eigenvalue weighted by atomic mass is 35.5. The summed E-state index contributed by atoms with van der Waals surface area (Å²) in [6.07, 6.45) is 2.50. The normalized spacial score (nSPS) is 12.2. The Morgan fingerprint density at radius 2 is 2.14 bits per heavy atom. The molecule has 0 bridgehead atoms. The minimum atomic E-state index is 0.474. The topological polar surface area (TPSA) is 63.6 Å². The number of rotatable bonds is 5. The summed E-state index contributed by atoms with van der Waals surface area (Å²) in [7, 11) is 0. The summed E-state index contributed by atoms with van der Waals surface area (Å²) in [6, 6.07) is 7.81. The van der Waals surface area contributed by atoms with Gasteiger partial charge < -0.3 is 5.73 Å². The van der Waals surface area contributed by atoms with Crippen LogP contribution in [0.2, 0.25) is 5.02 Å². The van der Waals surface area contributed by atoms with E-state index in [1.165, 1.54) is 17.3 Å². The number of nitrogens with zero attached hydrogens (tertiary/aromatic N) is 3. The summed E-state index contributed by atoms with van der Waals surface area (Å²) in [5.41, 5.74) is 7.82. The van der Waals surface area contributed by atoms with E-state index in [4.69, 9.17) is 17.3 Å². The van der Waals surface area contributed by atoms with E-state index in [9.17, 15) is 0 Å². The second-order valence-electron chi connectivity index (χ2n) is 4.48. The van der Waals surface area contributed by atoms with Gasteiger partial charge in [-0.3, -0.25) is 0 Å². The van der Waals surface area contributed by atoms with Gasteiger partial charge in [-0.25, -0.2) is 4.98 Å². The van der Waals surface area contributed by atoms with Crippen LogP contribution in [0.4, 0.5) is 0 Å². The second kappa shape index (κ2) is 8.31. The number of halogens is 1. The van der Waals surface area contributed by atoms with Crippen LogP contribution in [0.3, 0.4) is 0 Å². The van der Waals surface area contributed by atoms with E-state index in [1.54, 1.807) is 17.6 Å². The van der Waals surface area contributed by atoms with Crippen LogP contribution >= 0.6 is 34.7 Å². The molecule has 0 spiro atoms. The van der Waals surface area contributed by atoms with Gasteiger partial charge in [0.05, 0.1) is 21.8 Å². The van der Waals surface area contributed by atoms with Gasteiger partial charge >= 0.3 is 0 Å². The minimum absolute atomic E-state index is 0.474. The quantitative estimate of drug-likeness (QED) is 0.500. The number of nitrogens with two attached hydrogens (primary N) is 1. The second-order valence-corrected chi connectivity index (χ2v) is 7.31. The maximum atomic E-state index is 5.89. The molecule has 2 N–H and O–H groups in total. The molecule has 22 heavy (non-hydrogen) atoms. The van der Waals surface area contributed by atoms with Crippen LogP contribution in [0.1, 0.15) is 28.1 Å². The highest BCUT2D eigenvalue weighted by Crippen LogP contribution is 2.20. The first-order chi connectivity index (χ1) is 10.6. The van der Waals surface area contributed by atoms with Gasteiger partial charge in [0, 0.05) is 11.4 Å². The fraction of sp³-hybridized carbons (Fsp3) is 0.267. The van der Waals surface area contributed by atoms with E-state index in [0.29, 0.717) is 5.17 Å². The first kappa shape index (κ1) is 17.0. The van der Waals surface area contributed by atoms with Crippen LogP contribution < -0.4 is 5.73 Å². The molecular formula is C15H17ClN4S2. The van der Waals surface area contributed by atoms with Crippen molar-refractivity contribution in [1.29, 1.82) is 0 Å². The molecule has 0 fully saturated rings. The zero-order valence-electron chi connectivity index (χ0n) is 12.4. The predicted molar refractivity (Wildman–Crippen MR) is 98.5 cm³/mol. The summed E-state index contributed by atoms with van der Waals surface area (Å²) in [6.45, 7) is 3.99.